The van der Waals surface area contributed by atoms with E-state index in [0.29, 0.717) is 19.3 Å². The van der Waals surface area contributed by atoms with Crippen LogP contribution in [-0.4, -0.2) is 37.2 Å². The van der Waals surface area contributed by atoms with Crippen LogP contribution in [0.3, 0.4) is 0 Å². The third kappa shape index (κ3) is 56.7. The highest BCUT2D eigenvalue weighted by Gasteiger charge is 2.19. The second-order valence-electron chi connectivity index (χ2n) is 21.0. The first-order chi connectivity index (χ1) is 34.0. The molecule has 1 unspecified atom stereocenters. The standard InChI is InChI=1S/C63H118O6/c1-4-7-10-13-16-19-22-25-27-28-29-30-31-32-33-34-36-38-41-44-47-50-53-56-62(65)68-59-60(58-67-61(64)55-52-49-46-43-40-37-24-21-18-15-12-9-6-3)69-63(66)57-54-51-48-45-42-39-35-26-23-20-17-14-11-8-5-2/h21,24,28-29,60H,4-20,22-23,25-27,30-59H2,1-3H3/b24-21-,29-28-. The molecule has 0 rings (SSSR count). The summed E-state index contributed by atoms with van der Waals surface area (Å²) in [6, 6.07) is 0. The van der Waals surface area contributed by atoms with Crippen LogP contribution in [0.25, 0.3) is 0 Å². The van der Waals surface area contributed by atoms with E-state index in [1.807, 2.05) is 0 Å². The summed E-state index contributed by atoms with van der Waals surface area (Å²) in [4.78, 5) is 38.2. The Morgan fingerprint density at radius 3 is 0.739 bits per heavy atom. The molecule has 0 radical (unpaired) electrons. The number of hydrogen-bond donors (Lipinski definition) is 0. The molecular formula is C63H118O6. The summed E-state index contributed by atoms with van der Waals surface area (Å²) in [6.45, 7) is 6.67. The van der Waals surface area contributed by atoms with Gasteiger partial charge in [-0.05, 0) is 70.6 Å². The van der Waals surface area contributed by atoms with Gasteiger partial charge in [-0.25, -0.2) is 0 Å². The number of ether oxygens (including phenoxy) is 3. The summed E-state index contributed by atoms with van der Waals surface area (Å²) < 4.78 is 16.9. The van der Waals surface area contributed by atoms with Crippen LogP contribution < -0.4 is 0 Å². The average molecular weight is 972 g/mol. The zero-order valence-corrected chi connectivity index (χ0v) is 46.6. The Bertz CT molecular complexity index is 1110. The lowest BCUT2D eigenvalue weighted by Gasteiger charge is -2.18. The van der Waals surface area contributed by atoms with Crippen LogP contribution in [0, 0.1) is 0 Å². The Labute approximate surface area is 430 Å². The molecule has 0 aromatic rings. The minimum atomic E-state index is -0.771. The molecule has 0 amide bonds. The highest BCUT2D eigenvalue weighted by Crippen LogP contribution is 2.17. The van der Waals surface area contributed by atoms with Crippen molar-refractivity contribution < 1.29 is 28.6 Å². The van der Waals surface area contributed by atoms with Crippen molar-refractivity contribution in [2.45, 2.75) is 348 Å². The van der Waals surface area contributed by atoms with Gasteiger partial charge in [0, 0.05) is 19.3 Å². The summed E-state index contributed by atoms with van der Waals surface area (Å²) in [5.74, 6) is -0.856. The fourth-order valence-corrected chi connectivity index (χ4v) is 9.26. The largest absolute Gasteiger partial charge is 0.462 e. The minimum Gasteiger partial charge on any atom is -0.462 e. The van der Waals surface area contributed by atoms with Crippen molar-refractivity contribution in [3.63, 3.8) is 0 Å². The second kappa shape index (κ2) is 58.5. The van der Waals surface area contributed by atoms with Gasteiger partial charge in [-0.15, -0.1) is 0 Å². The zero-order valence-electron chi connectivity index (χ0n) is 46.6. The second-order valence-corrected chi connectivity index (χ2v) is 21.0. The molecule has 0 saturated heterocycles. The summed E-state index contributed by atoms with van der Waals surface area (Å²) in [5.41, 5.74) is 0. The maximum Gasteiger partial charge on any atom is 0.306 e. The molecule has 0 N–H and O–H groups in total. The van der Waals surface area contributed by atoms with Gasteiger partial charge < -0.3 is 14.2 Å². The molecule has 0 aromatic heterocycles. The molecule has 6 heteroatoms. The van der Waals surface area contributed by atoms with E-state index in [0.717, 1.165) is 64.2 Å². The van der Waals surface area contributed by atoms with Gasteiger partial charge in [-0.3, -0.25) is 14.4 Å². The fourth-order valence-electron chi connectivity index (χ4n) is 9.26. The Balaban J connectivity index is 4.25. The highest BCUT2D eigenvalue weighted by molar-refractivity contribution is 5.71. The molecule has 0 aromatic carbocycles. The SMILES string of the molecule is CCCCCC/C=C\CCCCCCCC(=O)OCC(COC(=O)CCCCCCCCCCCCC/C=C\CCCCCCCCCC)OC(=O)CCCCCCCCCCCCCCCCC. The molecule has 0 aliphatic rings. The lowest BCUT2D eigenvalue weighted by molar-refractivity contribution is -0.167. The first kappa shape index (κ1) is 66.9. The van der Waals surface area contributed by atoms with Crippen molar-refractivity contribution in [2.75, 3.05) is 13.2 Å². The molecule has 0 fully saturated rings. The molecule has 69 heavy (non-hydrogen) atoms. The third-order valence-corrected chi connectivity index (χ3v) is 13.9. The molecule has 406 valence electrons. The number of carbonyl (C=O) groups is 3. The topological polar surface area (TPSA) is 78.9 Å². The van der Waals surface area contributed by atoms with Crippen molar-refractivity contribution in [2.24, 2.45) is 0 Å². The number of esters is 3. The normalized spacial score (nSPS) is 12.1. The van der Waals surface area contributed by atoms with Gasteiger partial charge >= 0.3 is 17.9 Å². The Kier molecular flexibility index (Phi) is 56.7. The molecule has 0 aliphatic heterocycles. The third-order valence-electron chi connectivity index (χ3n) is 13.9. The molecule has 0 aliphatic carbocycles. The van der Waals surface area contributed by atoms with Gasteiger partial charge in [0.2, 0.25) is 0 Å². The molecule has 0 saturated carbocycles. The van der Waals surface area contributed by atoms with E-state index in [4.69, 9.17) is 14.2 Å². The van der Waals surface area contributed by atoms with E-state index >= 15 is 0 Å². The van der Waals surface area contributed by atoms with Crippen molar-refractivity contribution in [1.82, 2.24) is 0 Å². The maximum atomic E-state index is 12.9. The van der Waals surface area contributed by atoms with E-state index in [1.54, 1.807) is 0 Å². The maximum absolute atomic E-state index is 12.9. The van der Waals surface area contributed by atoms with Gasteiger partial charge in [0.1, 0.15) is 13.2 Å². The molecular weight excluding hydrogens is 853 g/mol. The highest BCUT2D eigenvalue weighted by atomic mass is 16.6. The zero-order chi connectivity index (χ0) is 50.0. The Hall–Kier alpha value is -2.11. The van der Waals surface area contributed by atoms with E-state index in [1.165, 1.54) is 238 Å². The van der Waals surface area contributed by atoms with Crippen molar-refractivity contribution in [3.8, 4) is 0 Å². The quantitative estimate of drug-likeness (QED) is 0.0261. The molecule has 0 bridgehead atoms. The van der Waals surface area contributed by atoms with Crippen molar-refractivity contribution in [1.29, 1.82) is 0 Å². The predicted octanol–water partition coefficient (Wildman–Crippen LogP) is 20.7. The van der Waals surface area contributed by atoms with Crippen LogP contribution >= 0.6 is 0 Å². The summed E-state index contributed by atoms with van der Waals surface area (Å²) in [6.07, 6.45) is 68.9. The Morgan fingerprint density at radius 1 is 0.275 bits per heavy atom. The number of rotatable bonds is 57. The summed E-state index contributed by atoms with van der Waals surface area (Å²) >= 11 is 0. The Morgan fingerprint density at radius 2 is 0.478 bits per heavy atom. The fraction of sp³-hybridized carbons (Fsp3) is 0.889. The van der Waals surface area contributed by atoms with Gasteiger partial charge in [-0.1, -0.05) is 276 Å². The van der Waals surface area contributed by atoms with Gasteiger partial charge in [0.15, 0.2) is 6.10 Å². The summed E-state index contributed by atoms with van der Waals surface area (Å²) in [7, 11) is 0. The van der Waals surface area contributed by atoms with Crippen LogP contribution in [0.1, 0.15) is 342 Å². The van der Waals surface area contributed by atoms with E-state index in [9.17, 15) is 14.4 Å². The van der Waals surface area contributed by atoms with Crippen molar-refractivity contribution >= 4 is 17.9 Å². The lowest BCUT2D eigenvalue weighted by Crippen LogP contribution is -2.30. The molecule has 6 nitrogen and oxygen atoms in total. The smallest absolute Gasteiger partial charge is 0.306 e. The van der Waals surface area contributed by atoms with Gasteiger partial charge in [-0.2, -0.15) is 0 Å². The van der Waals surface area contributed by atoms with Crippen LogP contribution in [-0.2, 0) is 28.6 Å². The van der Waals surface area contributed by atoms with Gasteiger partial charge in [0.05, 0.1) is 0 Å². The van der Waals surface area contributed by atoms with Crippen molar-refractivity contribution in [3.05, 3.63) is 24.3 Å². The number of hydrogen-bond acceptors (Lipinski definition) is 6. The molecule has 0 spiro atoms. The average Bonchev–Trinajstić information content (AvgIpc) is 3.35. The monoisotopic (exact) mass is 971 g/mol. The van der Waals surface area contributed by atoms with Crippen LogP contribution in [0.5, 0.6) is 0 Å². The lowest BCUT2D eigenvalue weighted by atomic mass is 10.0. The van der Waals surface area contributed by atoms with E-state index in [2.05, 4.69) is 45.1 Å². The number of carbonyl (C=O) groups excluding carboxylic acids is 3. The van der Waals surface area contributed by atoms with Crippen LogP contribution in [0.2, 0.25) is 0 Å². The van der Waals surface area contributed by atoms with E-state index < -0.39 is 6.10 Å². The van der Waals surface area contributed by atoms with Crippen LogP contribution in [0.15, 0.2) is 24.3 Å². The van der Waals surface area contributed by atoms with E-state index in [-0.39, 0.29) is 31.1 Å². The minimum absolute atomic E-state index is 0.0695. The molecule has 0 heterocycles. The number of allylic oxidation sites excluding steroid dienone is 4. The predicted molar refractivity (Wildman–Crippen MR) is 298 cm³/mol. The first-order valence-corrected chi connectivity index (χ1v) is 30.8. The van der Waals surface area contributed by atoms with Crippen LogP contribution in [0.4, 0.5) is 0 Å². The first-order valence-electron chi connectivity index (χ1n) is 30.8. The number of unbranched alkanes of at least 4 members (excludes halogenated alkanes) is 42. The summed E-state index contributed by atoms with van der Waals surface area (Å²) in [5, 5.41) is 0. The van der Waals surface area contributed by atoms with Gasteiger partial charge in [0.25, 0.3) is 0 Å². The molecule has 1 atom stereocenters.